The summed E-state index contributed by atoms with van der Waals surface area (Å²) in [6.07, 6.45) is 7.69. The maximum absolute atomic E-state index is 13.5. The van der Waals surface area contributed by atoms with Crippen LogP contribution in [-0.2, 0) is 14.9 Å². The van der Waals surface area contributed by atoms with Gasteiger partial charge < -0.3 is 14.8 Å². The van der Waals surface area contributed by atoms with Crippen molar-refractivity contribution in [3.8, 4) is 17.1 Å². The molecule has 0 radical (unpaired) electrons. The van der Waals surface area contributed by atoms with Crippen LogP contribution in [-0.4, -0.2) is 56.4 Å². The number of ether oxygens (including phenoxy) is 2. The van der Waals surface area contributed by atoms with Gasteiger partial charge in [0.05, 0.1) is 35.8 Å². The Balaban J connectivity index is 1.55. The van der Waals surface area contributed by atoms with Crippen molar-refractivity contribution in [3.05, 3.63) is 48.7 Å². The summed E-state index contributed by atoms with van der Waals surface area (Å²) in [4.78, 5) is 35.5. The molecule has 1 fully saturated rings. The molecule has 4 rings (SSSR count). The molecule has 9 nitrogen and oxygen atoms in total. The molecule has 0 aromatic carbocycles. The third-order valence-electron chi connectivity index (χ3n) is 5.38. The molecule has 3 aromatic heterocycles. The van der Waals surface area contributed by atoms with Crippen LogP contribution in [0.5, 0.6) is 5.88 Å². The highest BCUT2D eigenvalue weighted by atomic mass is 32.2. The van der Waals surface area contributed by atoms with Crippen LogP contribution >= 0.6 is 11.8 Å². The van der Waals surface area contributed by atoms with E-state index in [0.29, 0.717) is 60.9 Å². The molecule has 3 aromatic rings. The minimum Gasteiger partial charge on any atom is -0.477 e. The number of hydrogen-bond donors (Lipinski definition) is 1. The van der Waals surface area contributed by atoms with Crippen molar-refractivity contribution in [2.75, 3.05) is 30.9 Å². The average molecular weight is 467 g/mol. The highest BCUT2D eigenvalue weighted by Gasteiger charge is 2.43. The number of carbonyl (C=O) groups is 1. The van der Waals surface area contributed by atoms with Crippen LogP contribution in [0.25, 0.3) is 11.3 Å². The monoisotopic (exact) mass is 466 g/mol. The van der Waals surface area contributed by atoms with Crippen molar-refractivity contribution in [3.63, 3.8) is 0 Å². The molecule has 1 aliphatic rings. The van der Waals surface area contributed by atoms with Gasteiger partial charge in [-0.25, -0.2) is 19.9 Å². The summed E-state index contributed by atoms with van der Waals surface area (Å²) in [6, 6.07) is 5.43. The lowest BCUT2D eigenvalue weighted by Gasteiger charge is -2.35. The summed E-state index contributed by atoms with van der Waals surface area (Å²) >= 11 is 1.55. The van der Waals surface area contributed by atoms with E-state index in [-0.39, 0.29) is 5.91 Å². The number of anilines is 1. The number of thioether (sulfide) groups is 1. The number of nitrogens with one attached hydrogen (secondary N) is 1. The third-order valence-corrected chi connectivity index (χ3v) is 6.13. The highest BCUT2D eigenvalue weighted by molar-refractivity contribution is 7.99. The van der Waals surface area contributed by atoms with Gasteiger partial charge in [0.15, 0.2) is 5.16 Å². The van der Waals surface area contributed by atoms with E-state index in [4.69, 9.17) is 9.47 Å². The Morgan fingerprint density at radius 2 is 1.97 bits per heavy atom. The molecule has 33 heavy (non-hydrogen) atoms. The first-order valence-corrected chi connectivity index (χ1v) is 11.9. The number of amides is 1. The molecule has 1 N–H and O–H groups in total. The molecule has 1 saturated heterocycles. The Morgan fingerprint density at radius 1 is 1.12 bits per heavy atom. The molecule has 0 spiro atoms. The number of aromatic nitrogens is 5. The first kappa shape index (κ1) is 23.1. The van der Waals surface area contributed by atoms with E-state index in [1.165, 1.54) is 0 Å². The molecular weight excluding hydrogens is 440 g/mol. The van der Waals surface area contributed by atoms with Crippen LogP contribution in [0.2, 0.25) is 0 Å². The van der Waals surface area contributed by atoms with Crippen LogP contribution in [0, 0.1) is 0 Å². The van der Waals surface area contributed by atoms with Crippen molar-refractivity contribution in [1.29, 1.82) is 0 Å². The summed E-state index contributed by atoms with van der Waals surface area (Å²) in [5.41, 5.74) is 1.35. The van der Waals surface area contributed by atoms with Gasteiger partial charge in [0.2, 0.25) is 11.8 Å². The lowest BCUT2D eigenvalue weighted by atomic mass is 9.76. The maximum atomic E-state index is 13.5. The van der Waals surface area contributed by atoms with E-state index in [9.17, 15) is 4.79 Å². The first-order valence-electron chi connectivity index (χ1n) is 10.9. The Hall–Kier alpha value is -3.11. The normalized spacial score (nSPS) is 15.1. The molecule has 172 valence electrons. The fourth-order valence-corrected chi connectivity index (χ4v) is 4.24. The molecule has 0 unspecified atom stereocenters. The predicted octanol–water partition coefficient (Wildman–Crippen LogP) is 3.53. The van der Waals surface area contributed by atoms with E-state index in [1.807, 2.05) is 26.0 Å². The Morgan fingerprint density at radius 3 is 2.70 bits per heavy atom. The largest absolute Gasteiger partial charge is 0.477 e. The topological polar surface area (TPSA) is 112 Å². The lowest BCUT2D eigenvalue weighted by molar-refractivity contribution is -0.125. The Kier molecular flexibility index (Phi) is 7.46. The standard InChI is InChI=1S/C23H26N6O3S/c1-3-32-20-15-24-14-17(27-20)16-5-6-19(26-13-16)29-21(30)23(8-11-31-12-9-23)18-7-10-25-22(28-18)33-4-2/h5-7,10,13-15H,3-4,8-9,11-12H2,1-2H3,(H,26,29,30). The van der Waals surface area contributed by atoms with Crippen molar-refractivity contribution in [2.45, 2.75) is 37.3 Å². The summed E-state index contributed by atoms with van der Waals surface area (Å²) in [5.74, 6) is 1.63. The zero-order valence-electron chi connectivity index (χ0n) is 18.7. The molecular formula is C23H26N6O3S. The molecule has 0 saturated carbocycles. The van der Waals surface area contributed by atoms with Gasteiger partial charge in [-0.05, 0) is 43.7 Å². The molecule has 1 amide bonds. The summed E-state index contributed by atoms with van der Waals surface area (Å²) in [5, 5.41) is 3.65. The fourth-order valence-electron chi connectivity index (χ4n) is 3.69. The minimum atomic E-state index is -0.790. The summed E-state index contributed by atoms with van der Waals surface area (Å²) in [6.45, 7) is 5.44. The quantitative estimate of drug-likeness (QED) is 0.393. The zero-order valence-corrected chi connectivity index (χ0v) is 19.5. The van der Waals surface area contributed by atoms with Crippen molar-refractivity contribution in [2.24, 2.45) is 0 Å². The summed E-state index contributed by atoms with van der Waals surface area (Å²) in [7, 11) is 0. The van der Waals surface area contributed by atoms with E-state index < -0.39 is 5.41 Å². The second-order valence-corrected chi connectivity index (χ2v) is 8.64. The number of nitrogens with zero attached hydrogens (tertiary/aromatic N) is 5. The van der Waals surface area contributed by atoms with Gasteiger partial charge in [-0.15, -0.1) is 0 Å². The summed E-state index contributed by atoms with van der Waals surface area (Å²) < 4.78 is 11.0. The van der Waals surface area contributed by atoms with E-state index in [0.717, 1.165) is 11.3 Å². The SMILES string of the molecule is CCOc1cncc(-c2ccc(NC(=O)C3(c4ccnc(SCC)n4)CCOCC3)nc2)n1. The van der Waals surface area contributed by atoms with E-state index in [1.54, 1.807) is 42.6 Å². The van der Waals surface area contributed by atoms with Crippen LogP contribution in [0.4, 0.5) is 5.82 Å². The number of rotatable bonds is 8. The maximum Gasteiger partial charge on any atom is 0.237 e. The average Bonchev–Trinajstić information content (AvgIpc) is 2.86. The fraction of sp³-hybridized carbons (Fsp3) is 0.391. The van der Waals surface area contributed by atoms with Crippen molar-refractivity contribution >= 4 is 23.5 Å². The van der Waals surface area contributed by atoms with Gasteiger partial charge in [0, 0.05) is 31.2 Å². The van der Waals surface area contributed by atoms with Gasteiger partial charge in [-0.1, -0.05) is 18.7 Å². The van der Waals surface area contributed by atoms with Gasteiger partial charge in [0.25, 0.3) is 0 Å². The lowest BCUT2D eigenvalue weighted by Crippen LogP contribution is -2.45. The van der Waals surface area contributed by atoms with Crippen LogP contribution in [0.15, 0.2) is 48.1 Å². The second-order valence-electron chi connectivity index (χ2n) is 7.41. The van der Waals surface area contributed by atoms with Gasteiger partial charge >= 0.3 is 0 Å². The smallest absolute Gasteiger partial charge is 0.237 e. The zero-order chi connectivity index (χ0) is 23.1. The number of carbonyl (C=O) groups excluding carboxylic acids is 1. The molecule has 0 bridgehead atoms. The van der Waals surface area contributed by atoms with Crippen molar-refractivity contribution < 1.29 is 14.3 Å². The van der Waals surface area contributed by atoms with E-state index >= 15 is 0 Å². The van der Waals surface area contributed by atoms with Gasteiger partial charge in [-0.2, -0.15) is 0 Å². The first-order chi connectivity index (χ1) is 16.1. The van der Waals surface area contributed by atoms with E-state index in [2.05, 4.69) is 30.2 Å². The van der Waals surface area contributed by atoms with Crippen LogP contribution in [0.1, 0.15) is 32.4 Å². The molecule has 0 aliphatic carbocycles. The number of pyridine rings is 1. The highest BCUT2D eigenvalue weighted by Crippen LogP contribution is 2.35. The number of hydrogen-bond acceptors (Lipinski definition) is 9. The molecule has 10 heteroatoms. The van der Waals surface area contributed by atoms with Gasteiger partial charge in [0.1, 0.15) is 5.82 Å². The van der Waals surface area contributed by atoms with Gasteiger partial charge in [-0.3, -0.25) is 9.78 Å². The molecule has 1 aliphatic heterocycles. The minimum absolute atomic E-state index is 0.143. The van der Waals surface area contributed by atoms with Crippen LogP contribution in [0.3, 0.4) is 0 Å². The van der Waals surface area contributed by atoms with Crippen LogP contribution < -0.4 is 10.1 Å². The third kappa shape index (κ3) is 5.28. The molecule has 4 heterocycles. The Bertz CT molecular complexity index is 1090. The second kappa shape index (κ2) is 10.7. The molecule has 0 atom stereocenters. The predicted molar refractivity (Wildman–Crippen MR) is 125 cm³/mol. The Labute approximate surface area is 196 Å². The van der Waals surface area contributed by atoms with Crippen molar-refractivity contribution in [1.82, 2.24) is 24.9 Å².